The number of aliphatic hydroxyl groups is 1. The number of carbonyl (C=O) groups is 2. The minimum atomic E-state index is -0.444. The van der Waals surface area contributed by atoms with Crippen LogP contribution in [0.2, 0.25) is 0 Å². The standard InChI is InChI=1S/C35H46N4O5/c1-25-21-39(26(2)24-40)35(42)31-20-30(37-34(41)29-11-6-5-7-12-29)13-14-32(31)44-27(3)10-8-9-19-43-33(25)23-38(4)22-28-15-17-36-18-16-28/h5-7,11-18,20,25-27,33,40H,8-10,19,21-24H2,1-4H3,(H,37,41)/t25-,26+,27-,33-/m0/s1. The van der Waals surface area contributed by atoms with E-state index in [0.717, 1.165) is 25.8 Å². The zero-order chi connectivity index (χ0) is 31.5. The summed E-state index contributed by atoms with van der Waals surface area (Å²) in [6.07, 6.45) is 5.97. The maximum absolute atomic E-state index is 14.3. The summed E-state index contributed by atoms with van der Waals surface area (Å²) < 4.78 is 12.8. The molecule has 4 rings (SSSR count). The summed E-state index contributed by atoms with van der Waals surface area (Å²) in [7, 11) is 2.07. The number of anilines is 1. The molecule has 1 aliphatic rings. The van der Waals surface area contributed by atoms with Crippen molar-refractivity contribution in [1.29, 1.82) is 0 Å². The van der Waals surface area contributed by atoms with Crippen LogP contribution < -0.4 is 10.1 Å². The second kappa shape index (κ2) is 16.3. The first-order valence-electron chi connectivity index (χ1n) is 15.5. The molecular formula is C35H46N4O5. The zero-order valence-electron chi connectivity index (χ0n) is 26.3. The molecule has 9 nitrogen and oxygen atoms in total. The molecule has 3 aromatic rings. The Balaban J connectivity index is 1.61. The number of ether oxygens (including phenoxy) is 2. The number of aliphatic hydroxyl groups excluding tert-OH is 1. The second-order valence-electron chi connectivity index (χ2n) is 11.9. The minimum absolute atomic E-state index is 0.0277. The summed E-state index contributed by atoms with van der Waals surface area (Å²) in [5, 5.41) is 13.1. The summed E-state index contributed by atoms with van der Waals surface area (Å²) in [4.78, 5) is 35.3. The number of amides is 2. The molecule has 9 heteroatoms. The third-order valence-corrected chi connectivity index (χ3v) is 8.04. The van der Waals surface area contributed by atoms with E-state index < -0.39 is 6.04 Å². The Labute approximate surface area is 261 Å². The van der Waals surface area contributed by atoms with Crippen molar-refractivity contribution in [3.8, 4) is 5.75 Å². The van der Waals surface area contributed by atoms with Gasteiger partial charge in [-0.05, 0) is 88.2 Å². The normalized spacial score (nSPS) is 20.7. The van der Waals surface area contributed by atoms with Gasteiger partial charge in [0.1, 0.15) is 5.75 Å². The summed E-state index contributed by atoms with van der Waals surface area (Å²) in [6, 6.07) is 17.7. The van der Waals surface area contributed by atoms with Gasteiger partial charge in [-0.3, -0.25) is 19.5 Å². The van der Waals surface area contributed by atoms with Gasteiger partial charge in [0.15, 0.2) is 0 Å². The van der Waals surface area contributed by atoms with Gasteiger partial charge in [-0.2, -0.15) is 0 Å². The van der Waals surface area contributed by atoms with Gasteiger partial charge in [0, 0.05) is 55.8 Å². The van der Waals surface area contributed by atoms with Crippen LogP contribution in [-0.2, 0) is 11.3 Å². The first-order valence-corrected chi connectivity index (χ1v) is 15.5. The number of benzene rings is 2. The van der Waals surface area contributed by atoms with Crippen molar-refractivity contribution in [1.82, 2.24) is 14.8 Å². The van der Waals surface area contributed by atoms with Crippen LogP contribution in [0.1, 0.15) is 66.3 Å². The fourth-order valence-corrected chi connectivity index (χ4v) is 5.43. The van der Waals surface area contributed by atoms with E-state index in [-0.39, 0.29) is 36.5 Å². The second-order valence-corrected chi connectivity index (χ2v) is 11.9. The fraction of sp³-hybridized carbons (Fsp3) is 0.457. The van der Waals surface area contributed by atoms with Crippen molar-refractivity contribution in [2.45, 2.75) is 64.8 Å². The summed E-state index contributed by atoms with van der Waals surface area (Å²) in [5.74, 6) is -0.0967. The van der Waals surface area contributed by atoms with Gasteiger partial charge in [-0.15, -0.1) is 0 Å². The van der Waals surface area contributed by atoms with Crippen molar-refractivity contribution in [2.75, 3.05) is 38.7 Å². The molecule has 0 saturated heterocycles. The van der Waals surface area contributed by atoms with Crippen molar-refractivity contribution >= 4 is 17.5 Å². The Bertz CT molecular complexity index is 1340. The number of nitrogens with one attached hydrogen (secondary N) is 1. The number of carbonyl (C=O) groups excluding carboxylic acids is 2. The predicted octanol–water partition coefficient (Wildman–Crippen LogP) is 5.26. The van der Waals surface area contributed by atoms with Crippen LogP contribution in [0.5, 0.6) is 5.75 Å². The van der Waals surface area contributed by atoms with Crippen LogP contribution in [0.4, 0.5) is 5.69 Å². The van der Waals surface area contributed by atoms with Crippen LogP contribution in [0.15, 0.2) is 73.1 Å². The summed E-state index contributed by atoms with van der Waals surface area (Å²) in [6.45, 7) is 8.18. The van der Waals surface area contributed by atoms with Gasteiger partial charge >= 0.3 is 0 Å². The Morgan fingerprint density at radius 2 is 1.86 bits per heavy atom. The fourth-order valence-electron chi connectivity index (χ4n) is 5.43. The zero-order valence-corrected chi connectivity index (χ0v) is 26.3. The average Bonchev–Trinajstić information content (AvgIpc) is 3.03. The van der Waals surface area contributed by atoms with Gasteiger partial charge in [0.05, 0.1) is 30.4 Å². The molecule has 0 spiro atoms. The Hall–Kier alpha value is -3.79. The molecule has 0 unspecified atom stereocenters. The smallest absolute Gasteiger partial charge is 0.258 e. The molecule has 0 aliphatic carbocycles. The van der Waals surface area contributed by atoms with Gasteiger partial charge in [0.2, 0.25) is 0 Å². The highest BCUT2D eigenvalue weighted by molar-refractivity contribution is 6.05. The number of aromatic nitrogens is 1. The summed E-state index contributed by atoms with van der Waals surface area (Å²) in [5.41, 5.74) is 2.53. The third kappa shape index (κ3) is 9.35. The number of rotatable bonds is 8. The van der Waals surface area contributed by atoms with E-state index in [2.05, 4.69) is 29.2 Å². The Kier molecular flexibility index (Phi) is 12.3. The lowest BCUT2D eigenvalue weighted by Gasteiger charge is -2.36. The number of hydrogen-bond acceptors (Lipinski definition) is 7. The first-order chi connectivity index (χ1) is 21.2. The molecule has 0 fully saturated rings. The van der Waals surface area contributed by atoms with E-state index in [1.165, 1.54) is 5.56 Å². The molecule has 0 radical (unpaired) electrons. The maximum Gasteiger partial charge on any atom is 0.258 e. The molecule has 2 amide bonds. The molecule has 236 valence electrons. The quantitative estimate of drug-likeness (QED) is 0.363. The van der Waals surface area contributed by atoms with E-state index in [1.54, 1.807) is 59.8 Å². The SMILES string of the molecule is C[C@H](CO)N1C[C@H](C)[C@H](CN(C)Cc2ccncc2)OCCCC[C@H](C)Oc2ccc(NC(=O)c3ccccc3)cc2C1=O. The summed E-state index contributed by atoms with van der Waals surface area (Å²) >= 11 is 0. The van der Waals surface area contributed by atoms with E-state index in [4.69, 9.17) is 9.47 Å². The Morgan fingerprint density at radius 1 is 1.11 bits per heavy atom. The molecule has 44 heavy (non-hydrogen) atoms. The molecule has 2 N–H and O–H groups in total. The minimum Gasteiger partial charge on any atom is -0.490 e. The van der Waals surface area contributed by atoms with Gasteiger partial charge in [0.25, 0.3) is 11.8 Å². The number of fused-ring (bicyclic) bond motifs is 1. The Morgan fingerprint density at radius 3 is 2.59 bits per heavy atom. The van der Waals surface area contributed by atoms with Crippen LogP contribution in [0.25, 0.3) is 0 Å². The molecule has 0 saturated carbocycles. The third-order valence-electron chi connectivity index (χ3n) is 8.04. The predicted molar refractivity (Wildman–Crippen MR) is 172 cm³/mol. The number of hydrogen-bond donors (Lipinski definition) is 2. The van der Waals surface area contributed by atoms with Crippen molar-refractivity contribution < 1.29 is 24.2 Å². The van der Waals surface area contributed by atoms with Crippen LogP contribution in [0.3, 0.4) is 0 Å². The highest BCUT2D eigenvalue weighted by atomic mass is 16.5. The van der Waals surface area contributed by atoms with Crippen molar-refractivity contribution in [2.24, 2.45) is 5.92 Å². The van der Waals surface area contributed by atoms with E-state index in [9.17, 15) is 14.7 Å². The molecule has 4 atom stereocenters. The van der Waals surface area contributed by atoms with Gasteiger partial charge in [-0.1, -0.05) is 25.1 Å². The van der Waals surface area contributed by atoms with Crippen molar-refractivity contribution in [3.63, 3.8) is 0 Å². The molecular weight excluding hydrogens is 556 g/mol. The molecule has 1 aliphatic heterocycles. The van der Waals surface area contributed by atoms with E-state index in [0.29, 0.717) is 42.3 Å². The number of nitrogens with zero attached hydrogens (tertiary/aromatic N) is 3. The largest absolute Gasteiger partial charge is 0.490 e. The maximum atomic E-state index is 14.3. The topological polar surface area (TPSA) is 104 Å². The lowest BCUT2D eigenvalue weighted by Crippen LogP contribution is -2.47. The van der Waals surface area contributed by atoms with Crippen molar-refractivity contribution in [3.05, 3.63) is 89.7 Å². The van der Waals surface area contributed by atoms with Crippen LogP contribution in [0, 0.1) is 5.92 Å². The molecule has 0 bridgehead atoms. The lowest BCUT2D eigenvalue weighted by molar-refractivity contribution is -0.0177. The number of pyridine rings is 1. The van der Waals surface area contributed by atoms with Gasteiger partial charge < -0.3 is 24.8 Å². The lowest BCUT2D eigenvalue weighted by atomic mass is 10.0. The first kappa shape index (κ1) is 33.1. The van der Waals surface area contributed by atoms with Crippen LogP contribution >= 0.6 is 0 Å². The highest BCUT2D eigenvalue weighted by Crippen LogP contribution is 2.29. The average molecular weight is 603 g/mol. The van der Waals surface area contributed by atoms with Crippen LogP contribution in [-0.4, -0.2) is 83.3 Å². The monoisotopic (exact) mass is 602 g/mol. The highest BCUT2D eigenvalue weighted by Gasteiger charge is 2.30. The van der Waals surface area contributed by atoms with E-state index in [1.807, 2.05) is 32.0 Å². The molecule has 2 heterocycles. The van der Waals surface area contributed by atoms with E-state index >= 15 is 0 Å². The number of likely N-dealkylation sites (N-methyl/N-ethyl adjacent to an activating group) is 1. The molecule has 2 aromatic carbocycles. The molecule has 1 aromatic heterocycles. The van der Waals surface area contributed by atoms with Gasteiger partial charge in [-0.25, -0.2) is 0 Å².